The number of benzene rings is 2. The number of aromatic nitrogens is 2. The van der Waals surface area contributed by atoms with E-state index in [-0.39, 0.29) is 5.91 Å². The summed E-state index contributed by atoms with van der Waals surface area (Å²) in [6.45, 7) is 4.03. The van der Waals surface area contributed by atoms with Gasteiger partial charge in [0.15, 0.2) is 0 Å². The maximum atomic E-state index is 12.5. The van der Waals surface area contributed by atoms with Crippen molar-refractivity contribution in [2.45, 2.75) is 52.0 Å². The molecule has 1 amide bonds. The Morgan fingerprint density at radius 2 is 1.90 bits per heavy atom. The van der Waals surface area contributed by atoms with E-state index in [2.05, 4.69) is 16.5 Å². The molecule has 3 aromatic rings. The molecule has 1 aromatic heterocycles. The second-order valence-corrected chi connectivity index (χ2v) is 8.57. The zero-order valence-corrected chi connectivity index (χ0v) is 18.5. The zero-order chi connectivity index (χ0) is 22.0. The van der Waals surface area contributed by atoms with Crippen molar-refractivity contribution in [2.24, 2.45) is 0 Å². The fraction of sp³-hybridized carbons (Fsp3) is 0.320. The summed E-state index contributed by atoms with van der Waals surface area (Å²) in [7, 11) is 0. The Bertz CT molecular complexity index is 1150. The third kappa shape index (κ3) is 4.50. The molecule has 1 heterocycles. The minimum absolute atomic E-state index is 0.0105. The third-order valence-electron chi connectivity index (χ3n) is 6.05. The Kier molecular flexibility index (Phi) is 6.11. The summed E-state index contributed by atoms with van der Waals surface area (Å²) >= 11 is 6.21. The molecule has 1 N–H and O–H groups in total. The Balaban J connectivity index is 1.51. The van der Waals surface area contributed by atoms with Crippen molar-refractivity contribution in [1.29, 1.82) is 5.26 Å². The van der Waals surface area contributed by atoms with Gasteiger partial charge in [0.25, 0.3) is 5.91 Å². The van der Waals surface area contributed by atoms with Crippen LogP contribution in [0.2, 0.25) is 5.02 Å². The van der Waals surface area contributed by atoms with Crippen molar-refractivity contribution in [3.05, 3.63) is 81.1 Å². The molecule has 4 rings (SSSR count). The SMILES string of the molecule is Cc1nn(-c2ccc(C#N)c(Cl)c2)c(C)c1Cc1ccc(C(=O)NC2CCCC2)cc1. The third-order valence-corrected chi connectivity index (χ3v) is 6.36. The van der Waals surface area contributed by atoms with Gasteiger partial charge in [-0.05, 0) is 62.6 Å². The van der Waals surface area contributed by atoms with Crippen molar-refractivity contribution in [3.63, 3.8) is 0 Å². The van der Waals surface area contributed by atoms with Crippen LogP contribution in [0.25, 0.3) is 5.69 Å². The van der Waals surface area contributed by atoms with Crippen molar-refractivity contribution in [3.8, 4) is 11.8 Å². The Labute approximate surface area is 187 Å². The van der Waals surface area contributed by atoms with Crippen LogP contribution < -0.4 is 5.32 Å². The van der Waals surface area contributed by atoms with Gasteiger partial charge in [-0.3, -0.25) is 4.79 Å². The lowest BCUT2D eigenvalue weighted by Crippen LogP contribution is -2.32. The first-order valence-corrected chi connectivity index (χ1v) is 11.0. The van der Waals surface area contributed by atoms with Crippen LogP contribution in [0.4, 0.5) is 0 Å². The number of aryl methyl sites for hydroxylation is 1. The van der Waals surface area contributed by atoms with Crippen molar-refractivity contribution < 1.29 is 4.79 Å². The minimum Gasteiger partial charge on any atom is -0.349 e. The number of carbonyl (C=O) groups is 1. The average molecular weight is 433 g/mol. The van der Waals surface area contributed by atoms with E-state index in [9.17, 15) is 4.79 Å². The lowest BCUT2D eigenvalue weighted by molar-refractivity contribution is 0.0938. The molecule has 6 heteroatoms. The van der Waals surface area contributed by atoms with Gasteiger partial charge in [-0.25, -0.2) is 4.68 Å². The molecule has 0 saturated heterocycles. The normalized spacial score (nSPS) is 13.9. The molecule has 0 radical (unpaired) electrons. The molecule has 1 aliphatic rings. The minimum atomic E-state index is 0.0105. The first-order chi connectivity index (χ1) is 15.0. The van der Waals surface area contributed by atoms with Gasteiger partial charge in [0.1, 0.15) is 6.07 Å². The van der Waals surface area contributed by atoms with E-state index in [1.807, 2.05) is 48.9 Å². The topological polar surface area (TPSA) is 70.7 Å². The highest BCUT2D eigenvalue weighted by Gasteiger charge is 2.18. The van der Waals surface area contributed by atoms with E-state index < -0.39 is 0 Å². The average Bonchev–Trinajstić information content (AvgIpc) is 3.37. The first-order valence-electron chi connectivity index (χ1n) is 10.6. The van der Waals surface area contributed by atoms with E-state index in [1.54, 1.807) is 12.1 Å². The van der Waals surface area contributed by atoms with Crippen LogP contribution in [0, 0.1) is 25.2 Å². The van der Waals surface area contributed by atoms with Gasteiger partial charge in [0, 0.05) is 29.3 Å². The van der Waals surface area contributed by atoms with Crippen LogP contribution in [-0.2, 0) is 6.42 Å². The van der Waals surface area contributed by atoms with Crippen molar-refractivity contribution >= 4 is 17.5 Å². The monoisotopic (exact) mass is 432 g/mol. The van der Waals surface area contributed by atoms with Crippen molar-refractivity contribution in [1.82, 2.24) is 15.1 Å². The fourth-order valence-electron chi connectivity index (χ4n) is 4.23. The first kappa shape index (κ1) is 21.1. The standard InChI is InChI=1S/C25H25ClN4O/c1-16-23(17(2)30(29-16)22-12-11-20(15-27)24(26)14-22)13-18-7-9-19(10-8-18)25(31)28-21-5-3-4-6-21/h7-12,14,21H,3-6,13H2,1-2H3,(H,28,31). The summed E-state index contributed by atoms with van der Waals surface area (Å²) in [4.78, 5) is 12.5. The summed E-state index contributed by atoms with van der Waals surface area (Å²) in [5, 5.41) is 17.3. The van der Waals surface area contributed by atoms with Crippen LogP contribution >= 0.6 is 11.6 Å². The molecule has 0 spiro atoms. The van der Waals surface area contributed by atoms with E-state index in [0.29, 0.717) is 22.2 Å². The fourth-order valence-corrected chi connectivity index (χ4v) is 4.44. The lowest BCUT2D eigenvalue weighted by atomic mass is 10.0. The van der Waals surface area contributed by atoms with Gasteiger partial charge in [0.2, 0.25) is 0 Å². The number of halogens is 1. The summed E-state index contributed by atoms with van der Waals surface area (Å²) in [6.07, 6.45) is 5.29. The highest BCUT2D eigenvalue weighted by Crippen LogP contribution is 2.25. The number of nitrogens with one attached hydrogen (secondary N) is 1. The Morgan fingerprint density at radius 3 is 2.55 bits per heavy atom. The second kappa shape index (κ2) is 8.95. The molecule has 1 fully saturated rings. The van der Waals surface area contributed by atoms with Crippen LogP contribution in [0.3, 0.4) is 0 Å². The molecule has 0 bridgehead atoms. The van der Waals surface area contributed by atoms with Crippen LogP contribution in [0.5, 0.6) is 0 Å². The highest BCUT2D eigenvalue weighted by atomic mass is 35.5. The van der Waals surface area contributed by atoms with Gasteiger partial charge in [0.05, 0.1) is 22.0 Å². The quantitative estimate of drug-likeness (QED) is 0.596. The molecule has 1 aliphatic carbocycles. The van der Waals surface area contributed by atoms with E-state index in [0.717, 1.165) is 47.5 Å². The largest absolute Gasteiger partial charge is 0.349 e. The van der Waals surface area contributed by atoms with Gasteiger partial charge >= 0.3 is 0 Å². The van der Waals surface area contributed by atoms with Gasteiger partial charge in [-0.1, -0.05) is 36.6 Å². The number of hydrogen-bond acceptors (Lipinski definition) is 3. The van der Waals surface area contributed by atoms with Gasteiger partial charge < -0.3 is 5.32 Å². The summed E-state index contributed by atoms with van der Waals surface area (Å²) < 4.78 is 1.86. The molecular formula is C25H25ClN4O. The molecule has 0 atom stereocenters. The molecule has 158 valence electrons. The smallest absolute Gasteiger partial charge is 0.251 e. The molecular weight excluding hydrogens is 408 g/mol. The number of hydrogen-bond donors (Lipinski definition) is 1. The summed E-state index contributed by atoms with van der Waals surface area (Å²) in [6, 6.07) is 15.5. The summed E-state index contributed by atoms with van der Waals surface area (Å²) in [5.41, 5.74) is 6.22. The molecule has 1 saturated carbocycles. The van der Waals surface area contributed by atoms with Crippen molar-refractivity contribution in [2.75, 3.05) is 0 Å². The molecule has 5 nitrogen and oxygen atoms in total. The predicted octanol–water partition coefficient (Wildman–Crippen LogP) is 5.28. The Hall–Kier alpha value is -3.10. The van der Waals surface area contributed by atoms with Crippen LogP contribution in [0.1, 0.15) is 64.1 Å². The maximum Gasteiger partial charge on any atom is 0.251 e. The zero-order valence-electron chi connectivity index (χ0n) is 17.8. The number of carbonyl (C=O) groups excluding carboxylic acids is 1. The maximum absolute atomic E-state index is 12.5. The molecule has 0 unspecified atom stereocenters. The highest BCUT2D eigenvalue weighted by molar-refractivity contribution is 6.31. The molecule has 31 heavy (non-hydrogen) atoms. The number of rotatable bonds is 5. The lowest BCUT2D eigenvalue weighted by Gasteiger charge is -2.12. The van der Waals surface area contributed by atoms with Gasteiger partial charge in [-0.2, -0.15) is 10.4 Å². The van der Waals surface area contributed by atoms with E-state index in [1.165, 1.54) is 12.8 Å². The number of nitriles is 1. The predicted molar refractivity (Wildman–Crippen MR) is 122 cm³/mol. The van der Waals surface area contributed by atoms with Gasteiger partial charge in [-0.15, -0.1) is 0 Å². The second-order valence-electron chi connectivity index (χ2n) is 8.17. The molecule has 0 aliphatic heterocycles. The molecule has 2 aromatic carbocycles. The Morgan fingerprint density at radius 1 is 1.19 bits per heavy atom. The van der Waals surface area contributed by atoms with Crippen LogP contribution in [-0.4, -0.2) is 21.7 Å². The summed E-state index contributed by atoms with van der Waals surface area (Å²) in [5.74, 6) is 0.0105. The van der Waals surface area contributed by atoms with E-state index in [4.69, 9.17) is 16.9 Å². The number of amides is 1. The van der Waals surface area contributed by atoms with E-state index >= 15 is 0 Å². The number of nitrogens with zero attached hydrogens (tertiary/aromatic N) is 3. The van der Waals surface area contributed by atoms with Crippen LogP contribution in [0.15, 0.2) is 42.5 Å².